The maximum Gasteiger partial charge on any atom is 0.254 e. The van der Waals surface area contributed by atoms with Gasteiger partial charge >= 0.3 is 0 Å². The van der Waals surface area contributed by atoms with E-state index in [4.69, 9.17) is 9.47 Å². The van der Waals surface area contributed by atoms with E-state index in [0.29, 0.717) is 12.2 Å². The first kappa shape index (κ1) is 20.9. The Morgan fingerprint density at radius 1 is 1.10 bits per heavy atom. The van der Waals surface area contributed by atoms with Crippen molar-refractivity contribution >= 4 is 5.91 Å². The van der Waals surface area contributed by atoms with Crippen molar-refractivity contribution in [3.05, 3.63) is 65.7 Å². The van der Waals surface area contributed by atoms with Gasteiger partial charge in [0.2, 0.25) is 0 Å². The van der Waals surface area contributed by atoms with Gasteiger partial charge in [0.25, 0.3) is 5.91 Å². The highest BCUT2D eigenvalue weighted by Gasteiger charge is 2.25. The number of carbonyl (C=O) groups is 1. The van der Waals surface area contributed by atoms with E-state index >= 15 is 0 Å². The van der Waals surface area contributed by atoms with Gasteiger partial charge in [0.1, 0.15) is 11.9 Å². The summed E-state index contributed by atoms with van der Waals surface area (Å²) in [5.41, 5.74) is 2.08. The first-order valence-electron chi connectivity index (χ1n) is 11.1. The summed E-state index contributed by atoms with van der Waals surface area (Å²) in [5.74, 6) is 0.825. The molecule has 2 saturated heterocycles. The van der Waals surface area contributed by atoms with E-state index in [0.717, 1.165) is 57.7 Å². The maximum atomic E-state index is 12.8. The van der Waals surface area contributed by atoms with Crippen LogP contribution in [0.3, 0.4) is 0 Å². The zero-order valence-corrected chi connectivity index (χ0v) is 17.8. The minimum atomic E-state index is 0.0340. The van der Waals surface area contributed by atoms with Gasteiger partial charge in [0.15, 0.2) is 0 Å². The Hall–Kier alpha value is -2.37. The average Bonchev–Trinajstić information content (AvgIpc) is 3.33. The molecule has 1 atom stereocenters. The predicted octanol–water partition coefficient (Wildman–Crippen LogP) is 3.63. The first-order valence-corrected chi connectivity index (χ1v) is 11.1. The highest BCUT2D eigenvalue weighted by molar-refractivity contribution is 5.94. The minimum absolute atomic E-state index is 0.0340. The summed E-state index contributed by atoms with van der Waals surface area (Å²) in [4.78, 5) is 17.1. The van der Waals surface area contributed by atoms with Crippen LogP contribution in [0.4, 0.5) is 0 Å². The number of nitrogens with zero attached hydrogens (tertiary/aromatic N) is 2. The number of ether oxygens (including phenoxy) is 2. The topological polar surface area (TPSA) is 42.0 Å². The molecule has 0 saturated carbocycles. The molecule has 1 unspecified atom stereocenters. The number of benzene rings is 2. The van der Waals surface area contributed by atoms with Gasteiger partial charge in [-0.1, -0.05) is 36.4 Å². The SMILES string of the molecule is CN(C(=O)c1cccc(OC2CCN(CCc3ccccc3)CC2)c1)C1CCOC1. The highest BCUT2D eigenvalue weighted by atomic mass is 16.5. The van der Waals surface area contributed by atoms with Crippen molar-refractivity contribution < 1.29 is 14.3 Å². The zero-order valence-electron chi connectivity index (χ0n) is 17.8. The van der Waals surface area contributed by atoms with Crippen LogP contribution in [0.5, 0.6) is 5.75 Å². The fraction of sp³-hybridized carbons (Fsp3) is 0.480. The quantitative estimate of drug-likeness (QED) is 0.702. The normalized spacial score (nSPS) is 20.2. The first-order chi connectivity index (χ1) is 14.7. The molecule has 2 aromatic carbocycles. The van der Waals surface area contributed by atoms with Gasteiger partial charge in [-0.2, -0.15) is 0 Å². The molecular formula is C25H32N2O3. The van der Waals surface area contributed by atoms with E-state index in [2.05, 4.69) is 35.2 Å². The Morgan fingerprint density at radius 3 is 2.63 bits per heavy atom. The molecule has 0 aromatic heterocycles. The molecule has 2 aliphatic heterocycles. The number of amides is 1. The molecule has 5 heteroatoms. The largest absolute Gasteiger partial charge is 0.490 e. The van der Waals surface area contributed by atoms with Crippen molar-refractivity contribution in [2.45, 2.75) is 37.8 Å². The number of hydrogen-bond donors (Lipinski definition) is 0. The van der Waals surface area contributed by atoms with Gasteiger partial charge in [-0.15, -0.1) is 0 Å². The molecule has 5 nitrogen and oxygen atoms in total. The smallest absolute Gasteiger partial charge is 0.254 e. The number of likely N-dealkylation sites (tertiary alicyclic amines) is 1. The van der Waals surface area contributed by atoms with Crippen LogP contribution in [-0.2, 0) is 11.2 Å². The standard InChI is InChI=1S/C25H32N2O3/c1-26(22-13-17-29-19-22)25(28)21-8-5-9-24(18-21)30-23-11-15-27(16-12-23)14-10-20-6-3-2-4-7-20/h2-9,18,22-23H,10-17,19H2,1H3. The van der Waals surface area contributed by atoms with E-state index < -0.39 is 0 Å². The van der Waals surface area contributed by atoms with Crippen LogP contribution in [0.15, 0.2) is 54.6 Å². The van der Waals surface area contributed by atoms with Gasteiger partial charge in [0, 0.05) is 38.9 Å². The van der Waals surface area contributed by atoms with Crippen LogP contribution in [0.2, 0.25) is 0 Å². The molecular weight excluding hydrogens is 376 g/mol. The van der Waals surface area contributed by atoms with Crippen molar-refractivity contribution in [1.29, 1.82) is 0 Å². The van der Waals surface area contributed by atoms with Crippen LogP contribution in [0, 0.1) is 0 Å². The molecule has 160 valence electrons. The fourth-order valence-corrected chi connectivity index (χ4v) is 4.27. The summed E-state index contributed by atoms with van der Waals surface area (Å²) in [5, 5.41) is 0. The number of hydrogen-bond acceptors (Lipinski definition) is 4. The van der Waals surface area contributed by atoms with Crippen LogP contribution in [-0.4, -0.2) is 67.7 Å². The summed E-state index contributed by atoms with van der Waals surface area (Å²) in [6.07, 6.45) is 4.25. The molecule has 4 rings (SSSR count). The van der Waals surface area contributed by atoms with E-state index in [1.54, 1.807) is 4.90 Å². The molecule has 2 heterocycles. The third-order valence-corrected chi connectivity index (χ3v) is 6.25. The van der Waals surface area contributed by atoms with Crippen molar-refractivity contribution in [1.82, 2.24) is 9.80 Å². The monoisotopic (exact) mass is 408 g/mol. The van der Waals surface area contributed by atoms with E-state index in [1.807, 2.05) is 31.3 Å². The lowest BCUT2D eigenvalue weighted by Gasteiger charge is -2.32. The Kier molecular flexibility index (Phi) is 7.03. The van der Waals surface area contributed by atoms with Crippen molar-refractivity contribution in [3.8, 4) is 5.75 Å². The predicted molar refractivity (Wildman–Crippen MR) is 118 cm³/mol. The summed E-state index contributed by atoms with van der Waals surface area (Å²) < 4.78 is 11.7. The number of piperidine rings is 1. The van der Waals surface area contributed by atoms with E-state index in [-0.39, 0.29) is 18.1 Å². The lowest BCUT2D eigenvalue weighted by Crippen LogP contribution is -2.39. The lowest BCUT2D eigenvalue weighted by molar-refractivity contribution is 0.0709. The van der Waals surface area contributed by atoms with Crippen molar-refractivity contribution in [3.63, 3.8) is 0 Å². The maximum absolute atomic E-state index is 12.8. The Bertz CT molecular complexity index is 812. The van der Waals surface area contributed by atoms with E-state index in [1.165, 1.54) is 5.56 Å². The van der Waals surface area contributed by atoms with Gasteiger partial charge in [-0.3, -0.25) is 4.79 Å². The fourth-order valence-electron chi connectivity index (χ4n) is 4.27. The third-order valence-electron chi connectivity index (χ3n) is 6.25. The third kappa shape index (κ3) is 5.41. The second-order valence-electron chi connectivity index (χ2n) is 8.36. The van der Waals surface area contributed by atoms with Crippen LogP contribution < -0.4 is 4.74 Å². The number of rotatable bonds is 7. The minimum Gasteiger partial charge on any atom is -0.490 e. The van der Waals surface area contributed by atoms with Crippen molar-refractivity contribution in [2.75, 3.05) is 39.9 Å². The second kappa shape index (κ2) is 10.1. The van der Waals surface area contributed by atoms with Gasteiger partial charge < -0.3 is 19.3 Å². The molecule has 30 heavy (non-hydrogen) atoms. The van der Waals surface area contributed by atoms with Gasteiger partial charge in [-0.05, 0) is 49.4 Å². The Balaban J connectivity index is 1.26. The van der Waals surface area contributed by atoms with Gasteiger partial charge in [-0.25, -0.2) is 0 Å². The van der Waals surface area contributed by atoms with E-state index in [9.17, 15) is 4.79 Å². The Morgan fingerprint density at radius 2 is 1.90 bits per heavy atom. The van der Waals surface area contributed by atoms with Gasteiger partial charge in [0.05, 0.1) is 12.6 Å². The number of carbonyl (C=O) groups excluding carboxylic acids is 1. The number of likely N-dealkylation sites (N-methyl/N-ethyl adjacent to an activating group) is 1. The molecule has 0 radical (unpaired) electrons. The highest BCUT2D eigenvalue weighted by Crippen LogP contribution is 2.22. The van der Waals surface area contributed by atoms with Crippen molar-refractivity contribution in [2.24, 2.45) is 0 Å². The van der Waals surface area contributed by atoms with Crippen LogP contribution >= 0.6 is 0 Å². The summed E-state index contributed by atoms with van der Waals surface area (Å²) >= 11 is 0. The molecule has 0 spiro atoms. The van der Waals surface area contributed by atoms with Crippen LogP contribution in [0.25, 0.3) is 0 Å². The second-order valence-corrected chi connectivity index (χ2v) is 8.36. The van der Waals surface area contributed by atoms with Crippen LogP contribution in [0.1, 0.15) is 35.2 Å². The summed E-state index contributed by atoms with van der Waals surface area (Å²) in [7, 11) is 1.86. The molecule has 1 amide bonds. The lowest BCUT2D eigenvalue weighted by atomic mass is 10.1. The molecule has 2 fully saturated rings. The average molecular weight is 409 g/mol. The molecule has 0 bridgehead atoms. The molecule has 2 aliphatic rings. The molecule has 0 N–H and O–H groups in total. The summed E-state index contributed by atoms with van der Waals surface area (Å²) in [6.45, 7) is 4.57. The zero-order chi connectivity index (χ0) is 20.8. The summed E-state index contributed by atoms with van der Waals surface area (Å²) in [6, 6.07) is 18.5. The molecule has 2 aromatic rings. The Labute approximate surface area is 179 Å². The molecule has 0 aliphatic carbocycles.